The molecule has 7 heteroatoms. The Hall–Kier alpha value is -2.54. The van der Waals surface area contributed by atoms with Crippen molar-refractivity contribution in [2.24, 2.45) is 5.73 Å². The quantitative estimate of drug-likeness (QED) is 0.898. The van der Waals surface area contributed by atoms with Crippen LogP contribution in [0.15, 0.2) is 35.1 Å². The zero-order valence-electron chi connectivity index (χ0n) is 13.4. The number of nitrogens with two attached hydrogens (primary N) is 1. The fourth-order valence-electron chi connectivity index (χ4n) is 2.91. The number of halogens is 1. The van der Waals surface area contributed by atoms with Crippen molar-refractivity contribution in [1.82, 2.24) is 14.7 Å². The SMILES string of the molecule is Cc1cc(=O)c(C(=O)N2CCCC(N)C2)nn1-c1ccccc1F. The number of carbonyl (C=O) groups is 1. The first-order valence-corrected chi connectivity index (χ1v) is 7.88. The van der Waals surface area contributed by atoms with E-state index >= 15 is 0 Å². The number of hydrogen-bond acceptors (Lipinski definition) is 4. The number of benzene rings is 1. The fourth-order valence-corrected chi connectivity index (χ4v) is 2.91. The zero-order valence-corrected chi connectivity index (χ0v) is 13.4. The highest BCUT2D eigenvalue weighted by molar-refractivity contribution is 5.92. The van der Waals surface area contributed by atoms with Gasteiger partial charge in [-0.05, 0) is 31.9 Å². The molecule has 0 aliphatic carbocycles. The van der Waals surface area contributed by atoms with Gasteiger partial charge in [-0.2, -0.15) is 5.10 Å². The van der Waals surface area contributed by atoms with Crippen LogP contribution in [0.5, 0.6) is 0 Å². The van der Waals surface area contributed by atoms with Gasteiger partial charge >= 0.3 is 0 Å². The van der Waals surface area contributed by atoms with Gasteiger partial charge in [-0.25, -0.2) is 9.07 Å². The molecule has 1 aromatic carbocycles. The minimum Gasteiger partial charge on any atom is -0.336 e. The maximum absolute atomic E-state index is 14.0. The summed E-state index contributed by atoms with van der Waals surface area (Å²) in [6, 6.07) is 7.30. The molecular formula is C17H19FN4O2. The third-order valence-corrected chi connectivity index (χ3v) is 4.14. The molecule has 6 nitrogen and oxygen atoms in total. The average Bonchev–Trinajstić information content (AvgIpc) is 2.55. The summed E-state index contributed by atoms with van der Waals surface area (Å²) in [7, 11) is 0. The van der Waals surface area contributed by atoms with Crippen LogP contribution < -0.4 is 11.2 Å². The van der Waals surface area contributed by atoms with E-state index in [9.17, 15) is 14.0 Å². The Morgan fingerprint density at radius 1 is 1.38 bits per heavy atom. The van der Waals surface area contributed by atoms with E-state index in [2.05, 4.69) is 5.10 Å². The number of nitrogens with zero attached hydrogens (tertiary/aromatic N) is 3. The molecule has 0 spiro atoms. The number of carbonyl (C=O) groups excluding carboxylic acids is 1. The Morgan fingerprint density at radius 2 is 2.12 bits per heavy atom. The molecule has 126 valence electrons. The third-order valence-electron chi connectivity index (χ3n) is 4.14. The molecule has 24 heavy (non-hydrogen) atoms. The summed E-state index contributed by atoms with van der Waals surface area (Å²) in [4.78, 5) is 26.4. The molecule has 1 amide bonds. The van der Waals surface area contributed by atoms with Crippen LogP contribution >= 0.6 is 0 Å². The van der Waals surface area contributed by atoms with Crippen LogP contribution in [0.1, 0.15) is 29.0 Å². The van der Waals surface area contributed by atoms with Gasteiger partial charge < -0.3 is 10.6 Å². The molecule has 2 N–H and O–H groups in total. The van der Waals surface area contributed by atoms with E-state index in [0.717, 1.165) is 12.8 Å². The van der Waals surface area contributed by atoms with E-state index in [1.54, 1.807) is 30.0 Å². The van der Waals surface area contributed by atoms with Crippen LogP contribution in [0, 0.1) is 12.7 Å². The highest BCUT2D eigenvalue weighted by Crippen LogP contribution is 2.14. The first-order valence-electron chi connectivity index (χ1n) is 7.88. The number of amides is 1. The number of aryl methyl sites for hydroxylation is 1. The monoisotopic (exact) mass is 330 g/mol. The Labute approximate surface area is 138 Å². The van der Waals surface area contributed by atoms with Gasteiger partial charge in [0.05, 0.1) is 0 Å². The summed E-state index contributed by atoms with van der Waals surface area (Å²) in [6.07, 6.45) is 1.64. The van der Waals surface area contributed by atoms with E-state index in [1.807, 2.05) is 0 Å². The van der Waals surface area contributed by atoms with Gasteiger partial charge in [-0.1, -0.05) is 12.1 Å². The van der Waals surface area contributed by atoms with Crippen molar-refractivity contribution in [3.8, 4) is 5.69 Å². The van der Waals surface area contributed by atoms with Gasteiger partial charge in [-0.3, -0.25) is 9.59 Å². The maximum atomic E-state index is 14.0. The number of rotatable bonds is 2. The lowest BCUT2D eigenvalue weighted by Gasteiger charge is -2.30. The molecule has 0 saturated carbocycles. The van der Waals surface area contributed by atoms with Crippen molar-refractivity contribution in [2.45, 2.75) is 25.8 Å². The Balaban J connectivity index is 2.03. The van der Waals surface area contributed by atoms with E-state index in [-0.39, 0.29) is 17.4 Å². The molecule has 2 aromatic rings. The molecule has 0 radical (unpaired) electrons. The number of likely N-dealkylation sites (tertiary alicyclic amines) is 1. The van der Waals surface area contributed by atoms with Crippen LogP contribution in [0.25, 0.3) is 5.69 Å². The number of para-hydroxylation sites is 1. The first kappa shape index (κ1) is 16.3. The lowest BCUT2D eigenvalue weighted by Crippen LogP contribution is -2.47. The van der Waals surface area contributed by atoms with Crippen molar-refractivity contribution < 1.29 is 9.18 Å². The van der Waals surface area contributed by atoms with Gasteiger partial charge in [0.15, 0.2) is 5.69 Å². The van der Waals surface area contributed by atoms with Crippen LogP contribution in [-0.2, 0) is 0 Å². The van der Waals surface area contributed by atoms with Crippen LogP contribution in [0.4, 0.5) is 4.39 Å². The summed E-state index contributed by atoms with van der Waals surface area (Å²) in [6.45, 7) is 2.58. The minimum absolute atomic E-state index is 0.0954. The Bertz CT molecular complexity index is 834. The summed E-state index contributed by atoms with van der Waals surface area (Å²) >= 11 is 0. The van der Waals surface area contributed by atoms with E-state index in [4.69, 9.17) is 5.73 Å². The van der Waals surface area contributed by atoms with Gasteiger partial charge in [0, 0.05) is 30.9 Å². The van der Waals surface area contributed by atoms with E-state index < -0.39 is 17.2 Å². The van der Waals surface area contributed by atoms with Gasteiger partial charge in [0.1, 0.15) is 11.5 Å². The molecule has 1 aromatic heterocycles. The van der Waals surface area contributed by atoms with Crippen molar-refractivity contribution in [3.05, 3.63) is 57.8 Å². The highest BCUT2D eigenvalue weighted by Gasteiger charge is 2.26. The molecule has 0 bridgehead atoms. The van der Waals surface area contributed by atoms with Crippen molar-refractivity contribution >= 4 is 5.91 Å². The maximum Gasteiger partial charge on any atom is 0.278 e. The fraction of sp³-hybridized carbons (Fsp3) is 0.353. The van der Waals surface area contributed by atoms with Crippen molar-refractivity contribution in [1.29, 1.82) is 0 Å². The van der Waals surface area contributed by atoms with Gasteiger partial charge in [0.2, 0.25) is 5.43 Å². The molecule has 2 heterocycles. The van der Waals surface area contributed by atoms with Crippen molar-refractivity contribution in [3.63, 3.8) is 0 Å². The average molecular weight is 330 g/mol. The number of piperidine rings is 1. The predicted molar refractivity (Wildman–Crippen MR) is 87.6 cm³/mol. The molecular weight excluding hydrogens is 311 g/mol. The molecule has 1 aliphatic rings. The molecule has 1 fully saturated rings. The second-order valence-corrected chi connectivity index (χ2v) is 6.02. The summed E-state index contributed by atoms with van der Waals surface area (Å²) in [5, 5.41) is 4.14. The van der Waals surface area contributed by atoms with Crippen LogP contribution in [0.2, 0.25) is 0 Å². The van der Waals surface area contributed by atoms with E-state index in [0.29, 0.717) is 18.8 Å². The lowest BCUT2D eigenvalue weighted by atomic mass is 10.1. The second-order valence-electron chi connectivity index (χ2n) is 6.02. The van der Waals surface area contributed by atoms with Crippen LogP contribution in [0.3, 0.4) is 0 Å². The zero-order chi connectivity index (χ0) is 17.3. The predicted octanol–water partition coefficient (Wildman–Crippen LogP) is 1.24. The minimum atomic E-state index is -0.477. The number of aromatic nitrogens is 2. The molecule has 3 rings (SSSR count). The molecule has 1 unspecified atom stereocenters. The Morgan fingerprint density at radius 3 is 2.83 bits per heavy atom. The highest BCUT2D eigenvalue weighted by atomic mass is 19.1. The topological polar surface area (TPSA) is 81.2 Å². The Kier molecular flexibility index (Phi) is 4.44. The normalized spacial score (nSPS) is 17.8. The first-order chi connectivity index (χ1) is 11.5. The number of hydrogen-bond donors (Lipinski definition) is 1. The van der Waals surface area contributed by atoms with E-state index in [1.165, 1.54) is 16.8 Å². The smallest absolute Gasteiger partial charge is 0.278 e. The molecule has 1 aliphatic heterocycles. The third kappa shape index (κ3) is 3.07. The largest absolute Gasteiger partial charge is 0.336 e. The standard InChI is InChI=1S/C17H19FN4O2/c1-11-9-15(23)16(17(24)21-8-4-5-12(19)10-21)20-22(11)14-7-3-2-6-13(14)18/h2-3,6-7,9,12H,4-5,8,10,19H2,1H3. The van der Waals surface area contributed by atoms with Gasteiger partial charge in [-0.15, -0.1) is 0 Å². The molecule has 1 saturated heterocycles. The summed E-state index contributed by atoms with van der Waals surface area (Å²) in [5.74, 6) is -0.935. The summed E-state index contributed by atoms with van der Waals surface area (Å²) < 4.78 is 15.3. The lowest BCUT2D eigenvalue weighted by molar-refractivity contribution is 0.0699. The van der Waals surface area contributed by atoms with Gasteiger partial charge in [0.25, 0.3) is 5.91 Å². The second kappa shape index (κ2) is 6.52. The van der Waals surface area contributed by atoms with Crippen LogP contribution in [-0.4, -0.2) is 39.7 Å². The molecule has 1 atom stereocenters. The van der Waals surface area contributed by atoms with Crippen molar-refractivity contribution in [2.75, 3.05) is 13.1 Å². The summed E-state index contributed by atoms with van der Waals surface area (Å²) in [5.41, 5.74) is 5.87.